The molecule has 96 valence electrons. The van der Waals surface area contributed by atoms with Crippen molar-refractivity contribution in [1.29, 1.82) is 0 Å². The van der Waals surface area contributed by atoms with Gasteiger partial charge in [-0.05, 0) is 12.1 Å². The molecule has 3 aromatic rings. The summed E-state index contributed by atoms with van der Waals surface area (Å²) in [6.45, 7) is 0.452. The highest BCUT2D eigenvalue weighted by molar-refractivity contribution is 7.07. The zero-order valence-corrected chi connectivity index (χ0v) is 10.6. The van der Waals surface area contributed by atoms with E-state index in [1.807, 2.05) is 11.4 Å². The lowest BCUT2D eigenvalue weighted by atomic mass is 10.4. The lowest BCUT2D eigenvalue weighted by Crippen LogP contribution is -2.08. The molecule has 0 bridgehead atoms. The molecule has 3 aromatic heterocycles. The lowest BCUT2D eigenvalue weighted by Gasteiger charge is -2.02. The molecule has 3 heterocycles. The number of pyridine rings is 1. The van der Waals surface area contributed by atoms with Crippen LogP contribution in [0.5, 0.6) is 0 Å². The van der Waals surface area contributed by atoms with E-state index >= 15 is 0 Å². The second kappa shape index (κ2) is 4.69. The first-order valence-electron chi connectivity index (χ1n) is 5.57. The Hall–Kier alpha value is -2.41. The van der Waals surface area contributed by atoms with Crippen molar-refractivity contribution in [2.24, 2.45) is 0 Å². The number of carbonyl (C=O) groups is 1. The fourth-order valence-corrected chi connectivity index (χ4v) is 2.38. The van der Waals surface area contributed by atoms with E-state index in [9.17, 15) is 9.90 Å². The van der Waals surface area contributed by atoms with Gasteiger partial charge in [0.05, 0.1) is 17.7 Å². The van der Waals surface area contributed by atoms with E-state index in [1.54, 1.807) is 28.2 Å². The number of anilines is 1. The Morgan fingerprint density at radius 3 is 3.11 bits per heavy atom. The van der Waals surface area contributed by atoms with Crippen molar-refractivity contribution in [2.75, 3.05) is 5.32 Å². The van der Waals surface area contributed by atoms with E-state index in [-0.39, 0.29) is 5.69 Å². The molecule has 0 unspecified atom stereocenters. The van der Waals surface area contributed by atoms with E-state index in [1.165, 1.54) is 11.3 Å². The third-order valence-corrected chi connectivity index (χ3v) is 3.29. The highest BCUT2D eigenvalue weighted by atomic mass is 32.1. The van der Waals surface area contributed by atoms with Gasteiger partial charge in [0, 0.05) is 11.6 Å². The molecular weight excluding hydrogens is 264 g/mol. The molecule has 0 aliphatic heterocycles. The van der Waals surface area contributed by atoms with Gasteiger partial charge in [0.1, 0.15) is 5.65 Å². The number of carboxylic acid groups (broad SMARTS) is 1. The van der Waals surface area contributed by atoms with Gasteiger partial charge < -0.3 is 10.4 Å². The predicted molar refractivity (Wildman–Crippen MR) is 71.6 cm³/mol. The molecule has 0 saturated heterocycles. The molecule has 0 atom stereocenters. The number of carboxylic acids is 1. The molecular formula is C12H10N4O2S. The summed E-state index contributed by atoms with van der Waals surface area (Å²) in [4.78, 5) is 19.8. The summed E-state index contributed by atoms with van der Waals surface area (Å²) < 4.78 is 1.55. The van der Waals surface area contributed by atoms with Crippen molar-refractivity contribution >= 4 is 28.8 Å². The second-order valence-electron chi connectivity index (χ2n) is 3.88. The average molecular weight is 274 g/mol. The van der Waals surface area contributed by atoms with Crippen LogP contribution in [0.3, 0.4) is 0 Å². The number of aromatic nitrogens is 3. The van der Waals surface area contributed by atoms with Gasteiger partial charge in [-0.2, -0.15) is 0 Å². The molecule has 0 radical (unpaired) electrons. The van der Waals surface area contributed by atoms with Gasteiger partial charge in [0.2, 0.25) is 0 Å². The second-order valence-corrected chi connectivity index (χ2v) is 4.60. The van der Waals surface area contributed by atoms with Crippen LogP contribution in [0, 0.1) is 0 Å². The smallest absolute Gasteiger partial charge is 0.356 e. The third-order valence-electron chi connectivity index (χ3n) is 2.65. The maximum absolute atomic E-state index is 11.3. The van der Waals surface area contributed by atoms with E-state index < -0.39 is 5.97 Å². The quantitative estimate of drug-likeness (QED) is 0.761. The SMILES string of the molecule is O=C(O)c1c(NCc2cscn2)nc2ccccn12. The first kappa shape index (κ1) is 11.7. The molecule has 0 aliphatic rings. The Kier molecular flexibility index (Phi) is 2.88. The number of fused-ring (bicyclic) bond motifs is 1. The van der Waals surface area contributed by atoms with Crippen molar-refractivity contribution in [3.05, 3.63) is 46.7 Å². The van der Waals surface area contributed by atoms with Gasteiger partial charge in [0.25, 0.3) is 0 Å². The van der Waals surface area contributed by atoms with Crippen molar-refractivity contribution < 1.29 is 9.90 Å². The minimum absolute atomic E-state index is 0.130. The Morgan fingerprint density at radius 1 is 1.47 bits per heavy atom. The number of rotatable bonds is 4. The maximum Gasteiger partial charge on any atom is 0.356 e. The first-order valence-corrected chi connectivity index (χ1v) is 6.51. The maximum atomic E-state index is 11.3. The molecule has 3 rings (SSSR count). The monoisotopic (exact) mass is 274 g/mol. The van der Waals surface area contributed by atoms with Crippen LogP contribution in [-0.2, 0) is 6.54 Å². The van der Waals surface area contributed by atoms with Gasteiger partial charge in [-0.1, -0.05) is 6.07 Å². The fourth-order valence-electron chi connectivity index (χ4n) is 1.82. The number of hydrogen-bond acceptors (Lipinski definition) is 5. The molecule has 6 nitrogen and oxygen atoms in total. The summed E-state index contributed by atoms with van der Waals surface area (Å²) in [6, 6.07) is 5.35. The van der Waals surface area contributed by atoms with Gasteiger partial charge >= 0.3 is 5.97 Å². The van der Waals surface area contributed by atoms with Crippen molar-refractivity contribution in [3.8, 4) is 0 Å². The minimum Gasteiger partial charge on any atom is -0.476 e. The molecule has 0 fully saturated rings. The molecule has 2 N–H and O–H groups in total. The molecule has 0 amide bonds. The summed E-state index contributed by atoms with van der Waals surface area (Å²) in [5.41, 5.74) is 3.32. The third kappa shape index (κ3) is 2.15. The molecule has 7 heteroatoms. The van der Waals surface area contributed by atoms with Gasteiger partial charge in [0.15, 0.2) is 11.5 Å². The number of hydrogen-bond donors (Lipinski definition) is 2. The highest BCUT2D eigenvalue weighted by Crippen LogP contribution is 2.18. The predicted octanol–water partition coefficient (Wildman–Crippen LogP) is 2.10. The van der Waals surface area contributed by atoms with Crippen LogP contribution in [-0.4, -0.2) is 25.4 Å². The molecule has 19 heavy (non-hydrogen) atoms. The average Bonchev–Trinajstić information content (AvgIpc) is 3.03. The normalized spacial score (nSPS) is 10.7. The number of nitrogens with one attached hydrogen (secondary N) is 1. The number of thiazole rings is 1. The summed E-state index contributed by atoms with van der Waals surface area (Å²) in [5.74, 6) is -0.661. The van der Waals surface area contributed by atoms with Crippen molar-refractivity contribution in [3.63, 3.8) is 0 Å². The first-order chi connectivity index (χ1) is 9.25. The van der Waals surface area contributed by atoms with Gasteiger partial charge in [-0.25, -0.2) is 14.8 Å². The standard InChI is InChI=1S/C12H10N4O2S/c17-12(18)10-11(13-5-8-6-19-7-14-8)15-9-3-1-2-4-16(9)10/h1-4,6-7,13H,5H2,(H,17,18). The summed E-state index contributed by atoms with van der Waals surface area (Å²) in [6.07, 6.45) is 1.68. The Labute approximate surface area is 112 Å². The van der Waals surface area contributed by atoms with Crippen LogP contribution in [0.4, 0.5) is 5.82 Å². The van der Waals surface area contributed by atoms with E-state index in [0.29, 0.717) is 18.0 Å². The van der Waals surface area contributed by atoms with Crippen LogP contribution in [0.1, 0.15) is 16.2 Å². The number of nitrogens with zero attached hydrogens (tertiary/aromatic N) is 3. The van der Waals surface area contributed by atoms with Crippen LogP contribution >= 0.6 is 11.3 Å². The molecule has 0 aromatic carbocycles. The zero-order valence-electron chi connectivity index (χ0n) is 9.78. The molecule has 0 spiro atoms. The molecule has 0 saturated carbocycles. The van der Waals surface area contributed by atoms with Gasteiger partial charge in [-0.15, -0.1) is 11.3 Å². The summed E-state index contributed by atoms with van der Waals surface area (Å²) >= 11 is 1.50. The zero-order chi connectivity index (χ0) is 13.2. The van der Waals surface area contributed by atoms with E-state index in [0.717, 1.165) is 5.69 Å². The Bertz CT molecular complexity index is 720. The molecule has 0 aliphatic carbocycles. The Balaban J connectivity index is 1.98. The van der Waals surface area contributed by atoms with Crippen LogP contribution in [0.15, 0.2) is 35.3 Å². The summed E-state index contributed by atoms with van der Waals surface area (Å²) in [7, 11) is 0. The van der Waals surface area contributed by atoms with E-state index in [4.69, 9.17) is 0 Å². The number of aromatic carboxylic acids is 1. The Morgan fingerprint density at radius 2 is 2.37 bits per heavy atom. The minimum atomic E-state index is -1.01. The largest absolute Gasteiger partial charge is 0.476 e. The van der Waals surface area contributed by atoms with E-state index in [2.05, 4.69) is 15.3 Å². The van der Waals surface area contributed by atoms with Crippen molar-refractivity contribution in [1.82, 2.24) is 14.4 Å². The lowest BCUT2D eigenvalue weighted by molar-refractivity contribution is 0.0690. The van der Waals surface area contributed by atoms with Gasteiger partial charge in [-0.3, -0.25) is 4.40 Å². The van der Waals surface area contributed by atoms with Crippen LogP contribution in [0.25, 0.3) is 5.65 Å². The summed E-state index contributed by atoms with van der Waals surface area (Å²) in [5, 5.41) is 14.2. The highest BCUT2D eigenvalue weighted by Gasteiger charge is 2.18. The van der Waals surface area contributed by atoms with Crippen LogP contribution in [0.2, 0.25) is 0 Å². The topological polar surface area (TPSA) is 79.5 Å². The number of imidazole rings is 1. The fraction of sp³-hybridized carbons (Fsp3) is 0.0833. The van der Waals surface area contributed by atoms with Crippen LogP contribution < -0.4 is 5.32 Å². The van der Waals surface area contributed by atoms with Crippen molar-refractivity contribution in [2.45, 2.75) is 6.54 Å².